The number of aromatic nitrogens is 1. The minimum Gasteiger partial charge on any atom is -0.470 e. The molecule has 0 spiro atoms. The zero-order valence-corrected chi connectivity index (χ0v) is 10.8. The van der Waals surface area contributed by atoms with Crippen molar-refractivity contribution in [1.29, 1.82) is 0 Å². The van der Waals surface area contributed by atoms with Crippen molar-refractivity contribution < 1.29 is 9.84 Å². The molecule has 4 N–H and O–H groups in total. The molecule has 0 fully saturated rings. The Morgan fingerprint density at radius 3 is 2.65 bits per heavy atom. The molecule has 1 aromatic heterocycles. The normalized spacial score (nSPS) is 13.2. The molecule has 5 heteroatoms. The number of aliphatic hydroxyl groups is 1. The lowest BCUT2D eigenvalue weighted by atomic mass is 10.2. The van der Waals surface area contributed by atoms with E-state index in [1.807, 2.05) is 20.8 Å². The SMILES string of the molecule is CC(O)CNc1ccc(N)c(OC(C)(C)C)n1. The Balaban J connectivity index is 2.79. The highest BCUT2D eigenvalue weighted by atomic mass is 16.5. The molecule has 0 aliphatic carbocycles. The summed E-state index contributed by atoms with van der Waals surface area (Å²) >= 11 is 0. The third kappa shape index (κ3) is 4.91. The van der Waals surface area contributed by atoms with E-state index in [1.165, 1.54) is 0 Å². The molecule has 1 rings (SSSR count). The number of nitrogens with one attached hydrogen (secondary N) is 1. The van der Waals surface area contributed by atoms with Crippen LogP contribution < -0.4 is 15.8 Å². The van der Waals surface area contributed by atoms with E-state index in [0.29, 0.717) is 23.9 Å². The lowest BCUT2D eigenvalue weighted by molar-refractivity contribution is 0.125. The van der Waals surface area contributed by atoms with Crippen molar-refractivity contribution in [2.45, 2.75) is 39.4 Å². The van der Waals surface area contributed by atoms with Gasteiger partial charge in [0, 0.05) is 6.54 Å². The Bertz CT molecular complexity index is 373. The molecule has 0 saturated carbocycles. The topological polar surface area (TPSA) is 80.4 Å². The van der Waals surface area contributed by atoms with Crippen LogP contribution in [0.15, 0.2) is 12.1 Å². The van der Waals surface area contributed by atoms with Gasteiger partial charge in [0.1, 0.15) is 11.4 Å². The molecule has 0 saturated heterocycles. The molecule has 1 aromatic rings. The van der Waals surface area contributed by atoms with E-state index in [9.17, 15) is 5.11 Å². The van der Waals surface area contributed by atoms with Gasteiger partial charge < -0.3 is 20.9 Å². The first-order chi connectivity index (χ1) is 7.78. The predicted molar refractivity (Wildman–Crippen MR) is 69.2 cm³/mol. The Morgan fingerprint density at radius 1 is 1.47 bits per heavy atom. The summed E-state index contributed by atoms with van der Waals surface area (Å²) in [5.41, 5.74) is 5.95. The molecule has 1 unspecified atom stereocenters. The number of pyridine rings is 1. The third-order valence-corrected chi connectivity index (χ3v) is 1.87. The molecule has 0 aromatic carbocycles. The minimum absolute atomic E-state index is 0.343. The van der Waals surface area contributed by atoms with Crippen molar-refractivity contribution in [3.05, 3.63) is 12.1 Å². The molecule has 0 aliphatic heterocycles. The maximum absolute atomic E-state index is 9.18. The summed E-state index contributed by atoms with van der Waals surface area (Å²) in [5, 5.41) is 12.2. The van der Waals surface area contributed by atoms with Gasteiger partial charge in [-0.1, -0.05) is 0 Å². The highest BCUT2D eigenvalue weighted by Gasteiger charge is 2.15. The van der Waals surface area contributed by atoms with Crippen LogP contribution in [0.5, 0.6) is 5.88 Å². The van der Waals surface area contributed by atoms with Crippen LogP contribution in [0, 0.1) is 0 Å². The fraction of sp³-hybridized carbons (Fsp3) is 0.583. The summed E-state index contributed by atoms with van der Waals surface area (Å²) < 4.78 is 5.64. The van der Waals surface area contributed by atoms with Crippen molar-refractivity contribution in [1.82, 2.24) is 4.98 Å². The van der Waals surface area contributed by atoms with Crippen molar-refractivity contribution in [3.8, 4) is 5.88 Å². The average molecular weight is 239 g/mol. The molecule has 0 radical (unpaired) electrons. The van der Waals surface area contributed by atoms with Gasteiger partial charge in [-0.25, -0.2) is 0 Å². The molecular weight excluding hydrogens is 218 g/mol. The van der Waals surface area contributed by atoms with Crippen molar-refractivity contribution in [2.24, 2.45) is 0 Å². The van der Waals surface area contributed by atoms with E-state index >= 15 is 0 Å². The van der Waals surface area contributed by atoms with E-state index in [0.717, 1.165) is 0 Å². The molecule has 0 aliphatic rings. The van der Waals surface area contributed by atoms with Gasteiger partial charge in [-0.05, 0) is 39.8 Å². The highest BCUT2D eigenvalue weighted by molar-refractivity contribution is 5.53. The van der Waals surface area contributed by atoms with Crippen molar-refractivity contribution in [2.75, 3.05) is 17.6 Å². The van der Waals surface area contributed by atoms with Crippen molar-refractivity contribution >= 4 is 11.5 Å². The van der Waals surface area contributed by atoms with Gasteiger partial charge in [0.2, 0.25) is 5.88 Å². The van der Waals surface area contributed by atoms with Gasteiger partial charge in [-0.2, -0.15) is 4.98 Å². The van der Waals surface area contributed by atoms with Crippen LogP contribution in [-0.2, 0) is 0 Å². The minimum atomic E-state index is -0.429. The second kappa shape index (κ2) is 5.23. The van der Waals surface area contributed by atoms with E-state index < -0.39 is 6.10 Å². The van der Waals surface area contributed by atoms with Gasteiger partial charge in [0.25, 0.3) is 0 Å². The number of nitrogen functional groups attached to an aromatic ring is 1. The molecule has 5 nitrogen and oxygen atoms in total. The molecule has 1 heterocycles. The van der Waals surface area contributed by atoms with Gasteiger partial charge in [-0.15, -0.1) is 0 Å². The number of hydrogen-bond acceptors (Lipinski definition) is 5. The highest BCUT2D eigenvalue weighted by Crippen LogP contribution is 2.24. The van der Waals surface area contributed by atoms with Crippen LogP contribution in [-0.4, -0.2) is 28.3 Å². The monoisotopic (exact) mass is 239 g/mol. The summed E-state index contributed by atoms with van der Waals surface area (Å²) in [5.74, 6) is 1.05. The number of aliphatic hydroxyl groups excluding tert-OH is 1. The smallest absolute Gasteiger partial charge is 0.239 e. The lowest BCUT2D eigenvalue weighted by Gasteiger charge is -2.21. The van der Waals surface area contributed by atoms with E-state index in [1.54, 1.807) is 19.1 Å². The first-order valence-electron chi connectivity index (χ1n) is 5.65. The largest absolute Gasteiger partial charge is 0.470 e. The number of rotatable bonds is 4. The van der Waals surface area contributed by atoms with Crippen LogP contribution in [0.1, 0.15) is 27.7 Å². The number of anilines is 2. The fourth-order valence-electron chi connectivity index (χ4n) is 1.17. The van der Waals surface area contributed by atoms with Crippen LogP contribution >= 0.6 is 0 Å². The number of ether oxygens (including phenoxy) is 1. The van der Waals surface area contributed by atoms with Crippen LogP contribution in [0.4, 0.5) is 11.5 Å². The summed E-state index contributed by atoms with van der Waals surface area (Å²) in [6.45, 7) is 7.95. The molecular formula is C12H21N3O2. The number of nitrogens with zero attached hydrogens (tertiary/aromatic N) is 1. The van der Waals surface area contributed by atoms with Crippen LogP contribution in [0.25, 0.3) is 0 Å². The van der Waals surface area contributed by atoms with Gasteiger partial charge in [-0.3, -0.25) is 0 Å². The van der Waals surface area contributed by atoms with E-state index in [-0.39, 0.29) is 5.60 Å². The Morgan fingerprint density at radius 2 is 2.12 bits per heavy atom. The first kappa shape index (κ1) is 13.6. The van der Waals surface area contributed by atoms with Gasteiger partial charge >= 0.3 is 0 Å². The van der Waals surface area contributed by atoms with E-state index in [4.69, 9.17) is 10.5 Å². The Hall–Kier alpha value is -1.49. The molecule has 0 amide bonds. The molecule has 96 valence electrons. The Kier molecular flexibility index (Phi) is 4.17. The second-order valence-corrected chi connectivity index (χ2v) is 5.04. The zero-order chi connectivity index (χ0) is 13.1. The standard InChI is InChI=1S/C12H21N3O2/c1-8(16)7-14-10-6-5-9(13)11(15-10)17-12(2,3)4/h5-6,8,16H,7,13H2,1-4H3,(H,14,15). The predicted octanol–water partition coefficient (Wildman–Crippen LogP) is 1.63. The molecule has 1 atom stereocenters. The number of nitrogens with two attached hydrogens (primary N) is 1. The second-order valence-electron chi connectivity index (χ2n) is 5.04. The zero-order valence-electron chi connectivity index (χ0n) is 10.8. The number of hydrogen-bond donors (Lipinski definition) is 3. The van der Waals surface area contributed by atoms with E-state index in [2.05, 4.69) is 10.3 Å². The first-order valence-corrected chi connectivity index (χ1v) is 5.65. The fourth-order valence-corrected chi connectivity index (χ4v) is 1.17. The average Bonchev–Trinajstić information content (AvgIpc) is 2.17. The summed E-state index contributed by atoms with van der Waals surface area (Å²) in [6.07, 6.45) is -0.429. The maximum atomic E-state index is 9.18. The molecule has 17 heavy (non-hydrogen) atoms. The summed E-state index contributed by atoms with van der Waals surface area (Å²) in [6, 6.07) is 3.49. The summed E-state index contributed by atoms with van der Waals surface area (Å²) in [7, 11) is 0. The van der Waals surface area contributed by atoms with Crippen LogP contribution in [0.2, 0.25) is 0 Å². The summed E-state index contributed by atoms with van der Waals surface area (Å²) in [4.78, 5) is 4.26. The maximum Gasteiger partial charge on any atom is 0.239 e. The van der Waals surface area contributed by atoms with Gasteiger partial charge in [0.15, 0.2) is 0 Å². The molecule has 0 bridgehead atoms. The van der Waals surface area contributed by atoms with Crippen LogP contribution in [0.3, 0.4) is 0 Å². The van der Waals surface area contributed by atoms with Crippen molar-refractivity contribution in [3.63, 3.8) is 0 Å². The quantitative estimate of drug-likeness (QED) is 0.744. The lowest BCUT2D eigenvalue weighted by Crippen LogP contribution is -2.24. The van der Waals surface area contributed by atoms with Gasteiger partial charge in [0.05, 0.1) is 11.8 Å². The third-order valence-electron chi connectivity index (χ3n) is 1.87. The Labute approximate surface area is 102 Å².